The standard InChI is InChI=1S/C22H24N2O5S/c1-14(2)12-29-17(25)11-24-13-23-20-18(21(24)26)15(3)19(30-20)22(27)28-10-9-16-7-5-4-6-8-16/h4-8,13-14H,9-12H2,1-3H3. The summed E-state index contributed by atoms with van der Waals surface area (Å²) in [7, 11) is 0. The zero-order chi connectivity index (χ0) is 21.7. The van der Waals surface area contributed by atoms with Gasteiger partial charge in [0, 0.05) is 6.42 Å². The van der Waals surface area contributed by atoms with Crippen LogP contribution in [0.2, 0.25) is 0 Å². The summed E-state index contributed by atoms with van der Waals surface area (Å²) in [6.07, 6.45) is 1.92. The lowest BCUT2D eigenvalue weighted by Crippen LogP contribution is -2.26. The van der Waals surface area contributed by atoms with E-state index in [9.17, 15) is 14.4 Å². The predicted octanol–water partition coefficient (Wildman–Crippen LogP) is 3.37. The molecule has 30 heavy (non-hydrogen) atoms. The van der Waals surface area contributed by atoms with Crippen LogP contribution in [0, 0.1) is 12.8 Å². The number of hydrogen-bond donors (Lipinski definition) is 0. The van der Waals surface area contributed by atoms with E-state index in [1.165, 1.54) is 10.9 Å². The van der Waals surface area contributed by atoms with E-state index < -0.39 is 11.9 Å². The second-order valence-electron chi connectivity index (χ2n) is 7.36. The Hall–Kier alpha value is -3.00. The normalized spacial score (nSPS) is 11.1. The maximum atomic E-state index is 12.8. The Morgan fingerprint density at radius 3 is 2.60 bits per heavy atom. The van der Waals surface area contributed by atoms with Crippen molar-refractivity contribution in [3.05, 3.63) is 63.0 Å². The lowest BCUT2D eigenvalue weighted by molar-refractivity contribution is -0.145. The molecule has 0 unspecified atom stereocenters. The van der Waals surface area contributed by atoms with Crippen LogP contribution in [0.15, 0.2) is 41.5 Å². The molecule has 0 saturated carbocycles. The highest BCUT2D eigenvalue weighted by Crippen LogP contribution is 2.27. The van der Waals surface area contributed by atoms with Gasteiger partial charge in [0.05, 0.1) is 24.9 Å². The minimum atomic E-state index is -0.500. The Morgan fingerprint density at radius 1 is 1.17 bits per heavy atom. The number of fused-ring (bicyclic) bond motifs is 1. The molecule has 0 saturated heterocycles. The van der Waals surface area contributed by atoms with Crippen LogP contribution in [0.3, 0.4) is 0 Å². The molecule has 0 aliphatic heterocycles. The van der Waals surface area contributed by atoms with Crippen molar-refractivity contribution in [2.75, 3.05) is 13.2 Å². The molecule has 3 aromatic rings. The first-order chi connectivity index (χ1) is 14.4. The van der Waals surface area contributed by atoms with Crippen LogP contribution >= 0.6 is 11.3 Å². The van der Waals surface area contributed by atoms with Gasteiger partial charge < -0.3 is 9.47 Å². The summed E-state index contributed by atoms with van der Waals surface area (Å²) >= 11 is 1.12. The maximum Gasteiger partial charge on any atom is 0.348 e. The molecule has 0 N–H and O–H groups in total. The van der Waals surface area contributed by atoms with Gasteiger partial charge in [-0.25, -0.2) is 9.78 Å². The predicted molar refractivity (Wildman–Crippen MR) is 115 cm³/mol. The number of thiophene rings is 1. The summed E-state index contributed by atoms with van der Waals surface area (Å²) in [5, 5.41) is 0.328. The van der Waals surface area contributed by atoms with Crippen molar-refractivity contribution in [1.82, 2.24) is 9.55 Å². The molecule has 0 bridgehead atoms. The molecule has 3 rings (SSSR count). The third kappa shape index (κ3) is 5.13. The van der Waals surface area contributed by atoms with E-state index in [0.29, 0.717) is 33.7 Å². The maximum absolute atomic E-state index is 12.8. The summed E-state index contributed by atoms with van der Waals surface area (Å²) in [5.74, 6) is -0.769. The van der Waals surface area contributed by atoms with Gasteiger partial charge >= 0.3 is 11.9 Å². The SMILES string of the molecule is Cc1c(C(=O)OCCc2ccccc2)sc2ncn(CC(=O)OCC(C)C)c(=O)c12. The van der Waals surface area contributed by atoms with Gasteiger partial charge in [0.2, 0.25) is 0 Å². The molecule has 0 radical (unpaired) electrons. The highest BCUT2D eigenvalue weighted by Gasteiger charge is 2.21. The third-order valence-electron chi connectivity index (χ3n) is 4.45. The molecule has 2 aromatic heterocycles. The number of aromatic nitrogens is 2. The van der Waals surface area contributed by atoms with Crippen LogP contribution in [0.5, 0.6) is 0 Å². The minimum absolute atomic E-state index is 0.209. The molecule has 7 nitrogen and oxygen atoms in total. The molecule has 2 heterocycles. The number of aryl methyl sites for hydroxylation is 1. The molecule has 0 spiro atoms. The van der Waals surface area contributed by atoms with Crippen molar-refractivity contribution in [2.24, 2.45) is 5.92 Å². The molecule has 0 amide bonds. The van der Waals surface area contributed by atoms with Crippen molar-refractivity contribution < 1.29 is 19.1 Å². The van der Waals surface area contributed by atoms with Crippen LogP contribution in [-0.2, 0) is 27.2 Å². The van der Waals surface area contributed by atoms with Crippen molar-refractivity contribution in [3.8, 4) is 0 Å². The van der Waals surface area contributed by atoms with Gasteiger partial charge in [0.25, 0.3) is 5.56 Å². The van der Waals surface area contributed by atoms with E-state index in [1.54, 1.807) is 6.92 Å². The minimum Gasteiger partial charge on any atom is -0.464 e. The van der Waals surface area contributed by atoms with Crippen molar-refractivity contribution in [2.45, 2.75) is 33.7 Å². The fraction of sp³-hybridized carbons (Fsp3) is 0.364. The molecular formula is C22H24N2O5S. The zero-order valence-electron chi connectivity index (χ0n) is 17.2. The Labute approximate surface area is 178 Å². The van der Waals surface area contributed by atoms with Gasteiger partial charge in [0.15, 0.2) is 0 Å². The molecule has 0 atom stereocenters. The van der Waals surface area contributed by atoms with Gasteiger partial charge in [-0.3, -0.25) is 14.2 Å². The van der Waals surface area contributed by atoms with Crippen LogP contribution < -0.4 is 5.56 Å². The number of ether oxygens (including phenoxy) is 2. The molecule has 0 aliphatic carbocycles. The monoisotopic (exact) mass is 428 g/mol. The Balaban J connectivity index is 1.73. The average Bonchev–Trinajstić information content (AvgIpc) is 3.06. The highest BCUT2D eigenvalue weighted by atomic mass is 32.1. The van der Waals surface area contributed by atoms with Gasteiger partial charge in [0.1, 0.15) is 16.3 Å². The fourth-order valence-corrected chi connectivity index (χ4v) is 3.92. The van der Waals surface area contributed by atoms with Gasteiger partial charge in [-0.05, 0) is 24.0 Å². The Bertz CT molecular complexity index is 1100. The number of nitrogens with zero attached hydrogens (tertiary/aromatic N) is 2. The molecule has 0 fully saturated rings. The average molecular weight is 429 g/mol. The van der Waals surface area contributed by atoms with E-state index >= 15 is 0 Å². The van der Waals surface area contributed by atoms with E-state index in [1.807, 2.05) is 44.2 Å². The number of esters is 2. The number of carbonyl (C=O) groups is 2. The summed E-state index contributed by atoms with van der Waals surface area (Å²) < 4.78 is 11.7. The van der Waals surface area contributed by atoms with E-state index in [2.05, 4.69) is 4.98 Å². The fourth-order valence-electron chi connectivity index (χ4n) is 2.88. The molecule has 158 valence electrons. The van der Waals surface area contributed by atoms with Crippen molar-refractivity contribution >= 4 is 33.5 Å². The summed E-state index contributed by atoms with van der Waals surface area (Å²) in [6.45, 7) is 5.87. The molecule has 1 aromatic carbocycles. The molecule has 0 aliphatic rings. The zero-order valence-corrected chi connectivity index (χ0v) is 18.0. The van der Waals surface area contributed by atoms with Gasteiger partial charge in [-0.15, -0.1) is 11.3 Å². The quantitative estimate of drug-likeness (QED) is 0.511. The molecule has 8 heteroatoms. The van der Waals surface area contributed by atoms with Crippen LogP contribution in [-0.4, -0.2) is 34.7 Å². The number of hydrogen-bond acceptors (Lipinski definition) is 7. The van der Waals surface area contributed by atoms with Crippen LogP contribution in [0.25, 0.3) is 10.2 Å². The van der Waals surface area contributed by atoms with Crippen molar-refractivity contribution in [1.29, 1.82) is 0 Å². The van der Waals surface area contributed by atoms with Gasteiger partial charge in [-0.1, -0.05) is 44.2 Å². The summed E-state index contributed by atoms with van der Waals surface area (Å²) in [5.41, 5.74) is 1.22. The third-order valence-corrected chi connectivity index (χ3v) is 5.63. The first-order valence-electron chi connectivity index (χ1n) is 9.72. The first kappa shape index (κ1) is 21.7. The van der Waals surface area contributed by atoms with Gasteiger partial charge in [-0.2, -0.15) is 0 Å². The van der Waals surface area contributed by atoms with E-state index in [0.717, 1.165) is 16.9 Å². The summed E-state index contributed by atoms with van der Waals surface area (Å²) in [6, 6.07) is 9.74. The number of benzene rings is 1. The Kier molecular flexibility index (Phi) is 6.99. The Morgan fingerprint density at radius 2 is 1.90 bits per heavy atom. The molecular weight excluding hydrogens is 404 g/mol. The number of carbonyl (C=O) groups excluding carboxylic acids is 2. The highest BCUT2D eigenvalue weighted by molar-refractivity contribution is 7.20. The lowest BCUT2D eigenvalue weighted by Gasteiger charge is -2.08. The first-order valence-corrected chi connectivity index (χ1v) is 10.5. The number of rotatable bonds is 8. The smallest absolute Gasteiger partial charge is 0.348 e. The van der Waals surface area contributed by atoms with E-state index in [-0.39, 0.29) is 24.6 Å². The largest absolute Gasteiger partial charge is 0.464 e. The second-order valence-corrected chi connectivity index (χ2v) is 8.36. The summed E-state index contributed by atoms with van der Waals surface area (Å²) in [4.78, 5) is 42.4. The lowest BCUT2D eigenvalue weighted by atomic mass is 10.2. The van der Waals surface area contributed by atoms with Crippen LogP contribution in [0.4, 0.5) is 0 Å². The second kappa shape index (κ2) is 9.67. The van der Waals surface area contributed by atoms with E-state index in [4.69, 9.17) is 9.47 Å². The van der Waals surface area contributed by atoms with Crippen molar-refractivity contribution in [3.63, 3.8) is 0 Å². The van der Waals surface area contributed by atoms with Crippen LogP contribution in [0.1, 0.15) is 34.6 Å². The topological polar surface area (TPSA) is 87.5 Å².